The topological polar surface area (TPSA) is 46.2 Å². The van der Waals surface area contributed by atoms with E-state index in [0.717, 1.165) is 21.2 Å². The summed E-state index contributed by atoms with van der Waals surface area (Å²) in [5, 5.41) is 0. The lowest BCUT2D eigenvalue weighted by Crippen LogP contribution is -2.14. The summed E-state index contributed by atoms with van der Waals surface area (Å²) in [5.74, 6) is 0. The maximum Gasteiger partial charge on any atom is 0.261 e. The molecule has 3 nitrogen and oxygen atoms in total. The first-order chi connectivity index (χ1) is 9.29. The van der Waals surface area contributed by atoms with Crippen molar-refractivity contribution in [3.05, 3.63) is 57.6 Å². The van der Waals surface area contributed by atoms with Crippen molar-refractivity contribution in [2.24, 2.45) is 0 Å². The third-order valence-corrected chi connectivity index (χ3v) is 5.32. The summed E-state index contributed by atoms with van der Waals surface area (Å²) in [6.07, 6.45) is 0. The van der Waals surface area contributed by atoms with E-state index in [1.165, 1.54) is 0 Å². The Kier molecular flexibility index (Phi) is 4.20. The van der Waals surface area contributed by atoms with Crippen LogP contribution in [0, 0.1) is 20.8 Å². The third-order valence-electron chi connectivity index (χ3n) is 3.07. The number of hydrogen-bond acceptors (Lipinski definition) is 2. The van der Waals surface area contributed by atoms with E-state index in [-0.39, 0.29) is 4.90 Å². The summed E-state index contributed by atoms with van der Waals surface area (Å²) in [6.45, 7) is 5.72. The van der Waals surface area contributed by atoms with Crippen LogP contribution >= 0.6 is 15.9 Å². The second-order valence-electron chi connectivity index (χ2n) is 4.83. The Morgan fingerprint density at radius 3 is 2.25 bits per heavy atom. The fourth-order valence-corrected chi connectivity index (χ4v) is 3.38. The Morgan fingerprint density at radius 2 is 1.65 bits per heavy atom. The van der Waals surface area contributed by atoms with Gasteiger partial charge >= 0.3 is 0 Å². The molecular formula is C15H16BrNO2S. The Hall–Kier alpha value is -1.33. The van der Waals surface area contributed by atoms with Crippen LogP contribution in [0.15, 0.2) is 45.8 Å². The maximum atomic E-state index is 12.4. The second-order valence-corrected chi connectivity index (χ2v) is 7.37. The highest BCUT2D eigenvalue weighted by atomic mass is 79.9. The zero-order chi connectivity index (χ0) is 14.9. The van der Waals surface area contributed by atoms with Gasteiger partial charge in [0.05, 0.1) is 10.6 Å². The lowest BCUT2D eigenvalue weighted by Gasteiger charge is -2.12. The molecule has 0 spiro atoms. The fourth-order valence-electron chi connectivity index (χ4n) is 1.92. The van der Waals surface area contributed by atoms with Crippen molar-refractivity contribution in [3.8, 4) is 0 Å². The van der Waals surface area contributed by atoms with Crippen LogP contribution in [0.25, 0.3) is 0 Å². The van der Waals surface area contributed by atoms with Gasteiger partial charge in [-0.3, -0.25) is 4.72 Å². The van der Waals surface area contributed by atoms with Crippen molar-refractivity contribution < 1.29 is 8.42 Å². The van der Waals surface area contributed by atoms with Gasteiger partial charge in [0, 0.05) is 4.47 Å². The van der Waals surface area contributed by atoms with E-state index in [1.807, 2.05) is 32.9 Å². The van der Waals surface area contributed by atoms with Gasteiger partial charge in [0.25, 0.3) is 10.0 Å². The molecule has 0 aliphatic heterocycles. The zero-order valence-electron chi connectivity index (χ0n) is 11.6. The molecule has 2 aromatic carbocycles. The van der Waals surface area contributed by atoms with Crippen molar-refractivity contribution in [2.75, 3.05) is 4.72 Å². The molecule has 0 saturated heterocycles. The average molecular weight is 354 g/mol. The molecular weight excluding hydrogens is 338 g/mol. The average Bonchev–Trinajstić information content (AvgIpc) is 2.36. The summed E-state index contributed by atoms with van der Waals surface area (Å²) in [4.78, 5) is 0.262. The molecule has 0 unspecified atom stereocenters. The number of nitrogens with one attached hydrogen (secondary N) is 1. The molecule has 0 radical (unpaired) electrons. The van der Waals surface area contributed by atoms with Crippen molar-refractivity contribution in [1.29, 1.82) is 0 Å². The number of sulfonamides is 1. The predicted molar refractivity (Wildman–Crippen MR) is 85.6 cm³/mol. The maximum absolute atomic E-state index is 12.4. The fraction of sp³-hybridized carbons (Fsp3) is 0.200. The van der Waals surface area contributed by atoms with Gasteiger partial charge in [0.15, 0.2) is 0 Å². The molecule has 2 aromatic rings. The summed E-state index contributed by atoms with van der Waals surface area (Å²) in [7, 11) is -3.56. The Labute approximate surface area is 128 Å². The van der Waals surface area contributed by atoms with E-state index in [1.54, 1.807) is 24.3 Å². The number of aryl methyl sites for hydroxylation is 3. The van der Waals surface area contributed by atoms with Crippen LogP contribution in [0.3, 0.4) is 0 Å². The minimum absolute atomic E-state index is 0.262. The standard InChI is InChI=1S/C15H16BrNO2S/c1-10-4-7-15(12(3)8-10)17-20(18,19)13-5-6-14(16)11(2)9-13/h4-9,17H,1-3H3. The summed E-state index contributed by atoms with van der Waals surface area (Å²) in [6, 6.07) is 10.6. The van der Waals surface area contributed by atoms with Crippen LogP contribution in [0.4, 0.5) is 5.69 Å². The van der Waals surface area contributed by atoms with E-state index < -0.39 is 10.0 Å². The Bertz CT molecular complexity index is 754. The smallest absolute Gasteiger partial charge is 0.261 e. The van der Waals surface area contributed by atoms with Gasteiger partial charge in [-0.05, 0) is 56.2 Å². The first kappa shape index (κ1) is 15.1. The van der Waals surface area contributed by atoms with Gasteiger partial charge in [-0.2, -0.15) is 0 Å². The first-order valence-electron chi connectivity index (χ1n) is 6.16. The summed E-state index contributed by atoms with van der Waals surface area (Å²) in [5.41, 5.74) is 3.50. The summed E-state index contributed by atoms with van der Waals surface area (Å²) < 4.78 is 28.3. The minimum Gasteiger partial charge on any atom is -0.279 e. The molecule has 0 heterocycles. The molecule has 5 heteroatoms. The lowest BCUT2D eigenvalue weighted by atomic mass is 10.1. The predicted octanol–water partition coefficient (Wildman–Crippen LogP) is 4.18. The molecule has 0 fully saturated rings. The van der Waals surface area contributed by atoms with Crippen LogP contribution in [0.5, 0.6) is 0 Å². The van der Waals surface area contributed by atoms with Crippen molar-refractivity contribution in [2.45, 2.75) is 25.7 Å². The molecule has 2 rings (SSSR count). The SMILES string of the molecule is Cc1ccc(NS(=O)(=O)c2ccc(Br)c(C)c2)c(C)c1. The monoisotopic (exact) mass is 353 g/mol. The van der Waals surface area contributed by atoms with E-state index >= 15 is 0 Å². The van der Waals surface area contributed by atoms with Gasteiger partial charge in [-0.1, -0.05) is 33.6 Å². The quantitative estimate of drug-likeness (QED) is 0.899. The Morgan fingerprint density at radius 1 is 0.950 bits per heavy atom. The second kappa shape index (κ2) is 5.58. The molecule has 20 heavy (non-hydrogen) atoms. The van der Waals surface area contributed by atoms with Gasteiger partial charge in [-0.15, -0.1) is 0 Å². The minimum atomic E-state index is -3.56. The number of rotatable bonds is 3. The lowest BCUT2D eigenvalue weighted by molar-refractivity contribution is 0.601. The third kappa shape index (κ3) is 3.22. The number of anilines is 1. The van der Waals surface area contributed by atoms with Crippen molar-refractivity contribution in [1.82, 2.24) is 0 Å². The Balaban J connectivity index is 2.38. The van der Waals surface area contributed by atoms with Crippen molar-refractivity contribution in [3.63, 3.8) is 0 Å². The molecule has 0 saturated carbocycles. The highest BCUT2D eigenvalue weighted by Crippen LogP contribution is 2.23. The van der Waals surface area contributed by atoms with Crippen LogP contribution in [-0.2, 0) is 10.0 Å². The van der Waals surface area contributed by atoms with Crippen LogP contribution in [0.1, 0.15) is 16.7 Å². The van der Waals surface area contributed by atoms with Gasteiger partial charge < -0.3 is 0 Å². The van der Waals surface area contributed by atoms with E-state index in [0.29, 0.717) is 5.69 Å². The molecule has 0 atom stereocenters. The van der Waals surface area contributed by atoms with E-state index in [2.05, 4.69) is 20.7 Å². The van der Waals surface area contributed by atoms with Gasteiger partial charge in [0.1, 0.15) is 0 Å². The number of benzene rings is 2. The highest BCUT2D eigenvalue weighted by Gasteiger charge is 2.16. The molecule has 0 bridgehead atoms. The first-order valence-corrected chi connectivity index (χ1v) is 8.43. The van der Waals surface area contributed by atoms with Crippen LogP contribution < -0.4 is 4.72 Å². The number of halogens is 1. The summed E-state index contributed by atoms with van der Waals surface area (Å²) >= 11 is 3.37. The normalized spacial score (nSPS) is 11.4. The van der Waals surface area contributed by atoms with E-state index in [9.17, 15) is 8.42 Å². The van der Waals surface area contributed by atoms with Gasteiger partial charge in [-0.25, -0.2) is 8.42 Å². The molecule has 1 N–H and O–H groups in total. The van der Waals surface area contributed by atoms with Crippen molar-refractivity contribution >= 4 is 31.6 Å². The largest absolute Gasteiger partial charge is 0.279 e. The van der Waals surface area contributed by atoms with Crippen LogP contribution in [0.2, 0.25) is 0 Å². The molecule has 0 aromatic heterocycles. The molecule has 0 aliphatic rings. The molecule has 0 amide bonds. The number of hydrogen-bond donors (Lipinski definition) is 1. The highest BCUT2D eigenvalue weighted by molar-refractivity contribution is 9.10. The molecule has 0 aliphatic carbocycles. The van der Waals surface area contributed by atoms with E-state index in [4.69, 9.17) is 0 Å². The van der Waals surface area contributed by atoms with Gasteiger partial charge in [0.2, 0.25) is 0 Å². The zero-order valence-corrected chi connectivity index (χ0v) is 14.0. The van der Waals surface area contributed by atoms with Crippen LogP contribution in [-0.4, -0.2) is 8.42 Å². The molecule has 106 valence electrons.